The molecule has 0 spiro atoms. The number of carbonyl (C=O) groups is 1. The number of nitriles is 1. The number of nitrogens with zero attached hydrogens (tertiary/aromatic N) is 4. The number of aryl methyl sites for hydroxylation is 1. The van der Waals surface area contributed by atoms with Crippen LogP contribution in [-0.4, -0.2) is 26.4 Å². The molecule has 2 rings (SSSR count). The smallest absolute Gasteiger partial charge is 0.216 e. The minimum Gasteiger partial charge on any atom is -0.360 e. The number of H-pyrrole nitrogens is 1. The molecule has 0 unspecified atom stereocenters. The van der Waals surface area contributed by atoms with Crippen molar-refractivity contribution in [2.24, 2.45) is 0 Å². The Balaban J connectivity index is 2.33. The molecular weight excluding hydrogens is 256 g/mol. The summed E-state index contributed by atoms with van der Waals surface area (Å²) < 4.78 is 0. The monoisotopic (exact) mass is 268 g/mol. The van der Waals surface area contributed by atoms with Crippen LogP contribution in [0.1, 0.15) is 28.7 Å². The molecule has 0 fully saturated rings. The Morgan fingerprint density at radius 1 is 1.50 bits per heavy atom. The van der Waals surface area contributed by atoms with Crippen molar-refractivity contribution in [3.8, 4) is 6.07 Å². The van der Waals surface area contributed by atoms with E-state index in [4.69, 9.17) is 5.26 Å². The Bertz CT molecular complexity index is 696. The van der Waals surface area contributed by atoms with Gasteiger partial charge in [0, 0.05) is 17.5 Å². The Hall–Kier alpha value is -3.01. The highest BCUT2D eigenvalue weighted by Crippen LogP contribution is 2.19. The normalized spacial score (nSPS) is 10.9. The summed E-state index contributed by atoms with van der Waals surface area (Å²) in [4.78, 5) is 11.6. The van der Waals surface area contributed by atoms with E-state index in [2.05, 4.69) is 25.9 Å². The lowest BCUT2D eigenvalue weighted by atomic mass is 10.1. The fourth-order valence-corrected chi connectivity index (χ4v) is 1.66. The maximum absolute atomic E-state index is 11.6. The Morgan fingerprint density at radius 3 is 2.90 bits per heavy atom. The topological polar surface area (TPSA) is 107 Å². The molecule has 0 radical (unpaired) electrons. The number of hydrogen-bond acceptors (Lipinski definition) is 6. The molecule has 0 aliphatic carbocycles. The minimum absolute atomic E-state index is 0.0565. The second-order valence-corrected chi connectivity index (χ2v) is 4.15. The highest BCUT2D eigenvalue weighted by molar-refractivity contribution is 6.00. The summed E-state index contributed by atoms with van der Waals surface area (Å²) in [5.74, 6) is 0.135. The molecule has 100 valence electrons. The van der Waals surface area contributed by atoms with Crippen molar-refractivity contribution in [3.05, 3.63) is 41.4 Å². The van der Waals surface area contributed by atoms with Crippen molar-refractivity contribution in [1.82, 2.24) is 20.6 Å². The third kappa shape index (κ3) is 2.87. The van der Waals surface area contributed by atoms with Crippen molar-refractivity contribution in [2.75, 3.05) is 5.32 Å². The van der Waals surface area contributed by atoms with E-state index >= 15 is 0 Å². The van der Waals surface area contributed by atoms with Crippen LogP contribution < -0.4 is 5.32 Å². The highest BCUT2D eigenvalue weighted by Gasteiger charge is 2.09. The standard InChI is InChI=1S/C13H12N6O/c1-8-3-4-11(9(2)20)12(5-8)15-7-10(6-14)13-16-18-19-17-13/h3-5,7,15H,1-2H3,(H,16,17,18,19). The van der Waals surface area contributed by atoms with Gasteiger partial charge in [0.25, 0.3) is 0 Å². The van der Waals surface area contributed by atoms with Crippen LogP contribution in [-0.2, 0) is 0 Å². The predicted octanol–water partition coefficient (Wildman–Crippen LogP) is 1.69. The first-order valence-electron chi connectivity index (χ1n) is 5.84. The lowest BCUT2D eigenvalue weighted by molar-refractivity contribution is 0.101. The summed E-state index contributed by atoms with van der Waals surface area (Å²) in [5.41, 5.74) is 2.41. The van der Waals surface area contributed by atoms with Gasteiger partial charge >= 0.3 is 0 Å². The largest absolute Gasteiger partial charge is 0.360 e. The molecule has 0 saturated heterocycles. The summed E-state index contributed by atoms with van der Waals surface area (Å²) >= 11 is 0. The van der Waals surface area contributed by atoms with Crippen LogP contribution in [0.25, 0.3) is 5.57 Å². The molecule has 7 nitrogen and oxygen atoms in total. The summed E-state index contributed by atoms with van der Waals surface area (Å²) in [6.45, 7) is 3.41. The first-order chi connectivity index (χ1) is 9.61. The van der Waals surface area contributed by atoms with Crippen LogP contribution in [0.4, 0.5) is 5.69 Å². The summed E-state index contributed by atoms with van der Waals surface area (Å²) in [7, 11) is 0. The number of benzene rings is 1. The third-order valence-corrected chi connectivity index (χ3v) is 2.63. The molecule has 0 bridgehead atoms. The lowest BCUT2D eigenvalue weighted by Crippen LogP contribution is -2.01. The van der Waals surface area contributed by atoms with E-state index in [0.717, 1.165) is 5.56 Å². The Labute approximate surface area is 115 Å². The molecule has 0 saturated carbocycles. The van der Waals surface area contributed by atoms with Crippen LogP contribution >= 0.6 is 0 Å². The van der Waals surface area contributed by atoms with E-state index in [9.17, 15) is 4.79 Å². The summed E-state index contributed by atoms with van der Waals surface area (Å²) in [6.07, 6.45) is 1.45. The molecule has 1 heterocycles. The molecule has 0 aliphatic heterocycles. The average molecular weight is 268 g/mol. The van der Waals surface area contributed by atoms with Gasteiger partial charge in [0.1, 0.15) is 11.6 Å². The zero-order valence-corrected chi connectivity index (χ0v) is 11.0. The van der Waals surface area contributed by atoms with Crippen LogP contribution in [0.15, 0.2) is 24.4 Å². The average Bonchev–Trinajstić information content (AvgIpc) is 2.93. The van der Waals surface area contributed by atoms with Gasteiger partial charge in [-0.15, -0.1) is 10.2 Å². The van der Waals surface area contributed by atoms with Crippen LogP contribution in [0, 0.1) is 18.3 Å². The number of tetrazole rings is 1. The molecular formula is C13H12N6O. The SMILES string of the molecule is CC(=O)c1ccc(C)cc1NC=C(C#N)c1nn[nH]n1. The second kappa shape index (κ2) is 5.75. The fourth-order valence-electron chi connectivity index (χ4n) is 1.66. The van der Waals surface area contributed by atoms with E-state index in [1.54, 1.807) is 6.07 Å². The van der Waals surface area contributed by atoms with Gasteiger partial charge in [0.2, 0.25) is 5.82 Å². The number of Topliss-reactive ketones (excluding diaryl/α,β-unsaturated/α-hetero) is 1. The van der Waals surface area contributed by atoms with Crippen LogP contribution in [0.3, 0.4) is 0 Å². The number of ketones is 1. The van der Waals surface area contributed by atoms with E-state index < -0.39 is 0 Å². The minimum atomic E-state index is -0.0565. The second-order valence-electron chi connectivity index (χ2n) is 4.15. The number of hydrogen-bond donors (Lipinski definition) is 2. The molecule has 7 heteroatoms. The Morgan fingerprint density at radius 2 is 2.30 bits per heavy atom. The first-order valence-corrected chi connectivity index (χ1v) is 5.84. The Kier molecular flexibility index (Phi) is 3.86. The number of rotatable bonds is 4. The van der Waals surface area contributed by atoms with Gasteiger partial charge in [-0.25, -0.2) is 0 Å². The predicted molar refractivity (Wildman–Crippen MR) is 72.6 cm³/mol. The van der Waals surface area contributed by atoms with Crippen LogP contribution in [0.5, 0.6) is 0 Å². The quantitative estimate of drug-likeness (QED) is 0.645. The maximum atomic E-state index is 11.6. The number of anilines is 1. The number of aromatic nitrogens is 4. The van der Waals surface area contributed by atoms with Crippen molar-refractivity contribution < 1.29 is 4.79 Å². The highest BCUT2D eigenvalue weighted by atomic mass is 16.1. The molecule has 0 aliphatic rings. The molecule has 20 heavy (non-hydrogen) atoms. The molecule has 0 amide bonds. The maximum Gasteiger partial charge on any atom is 0.216 e. The van der Waals surface area contributed by atoms with Crippen molar-refractivity contribution >= 4 is 17.0 Å². The molecule has 2 N–H and O–H groups in total. The van der Waals surface area contributed by atoms with Gasteiger partial charge in [0.05, 0.1) is 0 Å². The van der Waals surface area contributed by atoms with E-state index in [1.807, 2.05) is 25.1 Å². The van der Waals surface area contributed by atoms with E-state index in [-0.39, 0.29) is 17.2 Å². The van der Waals surface area contributed by atoms with Crippen molar-refractivity contribution in [1.29, 1.82) is 5.26 Å². The van der Waals surface area contributed by atoms with E-state index in [1.165, 1.54) is 13.1 Å². The van der Waals surface area contributed by atoms with Gasteiger partial charge < -0.3 is 5.32 Å². The van der Waals surface area contributed by atoms with Crippen LogP contribution in [0.2, 0.25) is 0 Å². The molecule has 2 aromatic rings. The molecule has 1 aromatic carbocycles. The molecule has 0 atom stereocenters. The van der Waals surface area contributed by atoms with Gasteiger partial charge in [-0.3, -0.25) is 4.79 Å². The van der Waals surface area contributed by atoms with Gasteiger partial charge in [-0.05, 0) is 36.8 Å². The third-order valence-electron chi connectivity index (χ3n) is 2.63. The number of carbonyl (C=O) groups excluding carboxylic acids is 1. The molecule has 1 aromatic heterocycles. The van der Waals surface area contributed by atoms with Gasteiger partial charge in [-0.2, -0.15) is 10.5 Å². The van der Waals surface area contributed by atoms with Crippen molar-refractivity contribution in [2.45, 2.75) is 13.8 Å². The zero-order valence-electron chi connectivity index (χ0n) is 11.0. The number of nitrogens with one attached hydrogen (secondary N) is 2. The number of aromatic amines is 1. The van der Waals surface area contributed by atoms with E-state index in [0.29, 0.717) is 11.3 Å². The summed E-state index contributed by atoms with van der Waals surface area (Å²) in [6, 6.07) is 7.40. The number of allylic oxidation sites excluding steroid dienone is 1. The van der Waals surface area contributed by atoms with Gasteiger partial charge in [0.15, 0.2) is 5.78 Å². The fraction of sp³-hybridized carbons (Fsp3) is 0.154. The van der Waals surface area contributed by atoms with Crippen molar-refractivity contribution in [3.63, 3.8) is 0 Å². The summed E-state index contributed by atoms with van der Waals surface area (Å²) in [5, 5.41) is 25.1. The zero-order chi connectivity index (χ0) is 14.5. The first kappa shape index (κ1) is 13.4. The van der Waals surface area contributed by atoms with Gasteiger partial charge in [-0.1, -0.05) is 6.07 Å². The lowest BCUT2D eigenvalue weighted by Gasteiger charge is -2.08.